The van der Waals surface area contributed by atoms with Gasteiger partial charge in [0.05, 0.1) is 21.1 Å². The number of phosphoric acid groups is 1. The summed E-state index contributed by atoms with van der Waals surface area (Å²) in [6, 6.07) is 0. The lowest BCUT2D eigenvalue weighted by Gasteiger charge is -2.42. The fourth-order valence-corrected chi connectivity index (χ4v) is 4.24. The average Bonchev–Trinajstić information content (AvgIpc) is 2.23. The van der Waals surface area contributed by atoms with Crippen molar-refractivity contribution in [2.24, 2.45) is 23.7 Å². The summed E-state index contributed by atoms with van der Waals surface area (Å²) in [5, 5.41) is 0. The van der Waals surface area contributed by atoms with Gasteiger partial charge in [-0.25, -0.2) is 4.57 Å². The molecule has 2 N–H and O–H groups in total. The second-order valence-corrected chi connectivity index (χ2v) is 9.29. The van der Waals surface area contributed by atoms with E-state index in [1.54, 1.807) is 0 Å². The van der Waals surface area contributed by atoms with Gasteiger partial charge in [-0.15, -0.1) is 0 Å². The topological polar surface area (TPSA) is 66.8 Å². The van der Waals surface area contributed by atoms with Crippen molar-refractivity contribution in [1.29, 1.82) is 0 Å². The van der Waals surface area contributed by atoms with E-state index >= 15 is 0 Å². The molecule has 5 nitrogen and oxygen atoms in total. The summed E-state index contributed by atoms with van der Waals surface area (Å²) in [5.74, 6) is 1.81. The Bertz CT molecular complexity index is 374. The van der Waals surface area contributed by atoms with E-state index in [4.69, 9.17) is 4.52 Å². The molecule has 1 aliphatic rings. The van der Waals surface area contributed by atoms with Crippen LogP contribution in [0.1, 0.15) is 40.0 Å². The van der Waals surface area contributed by atoms with Crippen LogP contribution >= 0.6 is 7.82 Å². The van der Waals surface area contributed by atoms with Crippen LogP contribution in [0.3, 0.4) is 0 Å². The fourth-order valence-electron chi connectivity index (χ4n) is 3.67. The van der Waals surface area contributed by atoms with E-state index in [2.05, 4.69) is 20.8 Å². The molecule has 3 unspecified atom stereocenters. The molecule has 126 valence electrons. The molecule has 0 spiro atoms. The Hall–Kier alpha value is 0.0700. The van der Waals surface area contributed by atoms with E-state index in [1.165, 1.54) is 6.42 Å². The van der Waals surface area contributed by atoms with E-state index in [1.807, 2.05) is 21.1 Å². The summed E-state index contributed by atoms with van der Waals surface area (Å²) < 4.78 is 17.3. The molecular weight excluding hydrogens is 289 g/mol. The second-order valence-electron chi connectivity index (χ2n) is 8.10. The Kier molecular flexibility index (Phi) is 6.46. The first kappa shape index (κ1) is 19.1. The largest absolute Gasteiger partial charge is 0.470 e. The van der Waals surface area contributed by atoms with Gasteiger partial charge in [-0.3, -0.25) is 4.52 Å². The third-order valence-corrected chi connectivity index (χ3v) is 5.10. The van der Waals surface area contributed by atoms with E-state index in [0.717, 1.165) is 12.8 Å². The molecule has 1 rings (SSSR count). The maximum absolute atomic E-state index is 11.4. The highest BCUT2D eigenvalue weighted by molar-refractivity contribution is 7.46. The lowest BCUT2D eigenvalue weighted by atomic mass is 9.68. The van der Waals surface area contributed by atoms with Crippen LogP contribution in [-0.4, -0.2) is 48.1 Å². The van der Waals surface area contributed by atoms with Gasteiger partial charge in [-0.1, -0.05) is 27.2 Å². The number of hydrogen-bond donors (Lipinski definition) is 2. The molecule has 1 fully saturated rings. The van der Waals surface area contributed by atoms with Gasteiger partial charge >= 0.3 is 7.82 Å². The van der Waals surface area contributed by atoms with Gasteiger partial charge in [0.1, 0.15) is 12.6 Å². The molecule has 4 atom stereocenters. The van der Waals surface area contributed by atoms with Crippen molar-refractivity contribution in [2.45, 2.75) is 46.1 Å². The first-order valence-electron chi connectivity index (χ1n) is 7.93. The maximum atomic E-state index is 11.4. The van der Waals surface area contributed by atoms with Gasteiger partial charge in [-0.05, 0) is 36.5 Å². The zero-order valence-electron chi connectivity index (χ0n) is 14.3. The molecule has 1 saturated carbocycles. The third kappa shape index (κ3) is 6.79. The third-order valence-electron chi connectivity index (χ3n) is 4.55. The van der Waals surface area contributed by atoms with Crippen molar-refractivity contribution >= 4 is 7.82 Å². The summed E-state index contributed by atoms with van der Waals surface area (Å²) in [5.41, 5.74) is 0. The minimum atomic E-state index is -4.46. The van der Waals surface area contributed by atoms with Crippen LogP contribution in [-0.2, 0) is 9.09 Å². The zero-order chi connectivity index (χ0) is 16.4. The number of phosphoric ester groups is 1. The van der Waals surface area contributed by atoms with E-state index in [-0.39, 0.29) is 12.0 Å². The molecule has 0 aromatic carbocycles. The highest BCUT2D eigenvalue weighted by Gasteiger charge is 2.41. The molecule has 6 heteroatoms. The molecule has 0 aromatic rings. The maximum Gasteiger partial charge on any atom is 0.470 e. The van der Waals surface area contributed by atoms with Crippen molar-refractivity contribution in [3.63, 3.8) is 0 Å². The summed E-state index contributed by atoms with van der Waals surface area (Å²) >= 11 is 0. The molecule has 1 aliphatic carbocycles. The number of rotatable bonds is 6. The number of quaternary nitrogens is 1. The number of hydrogen-bond acceptors (Lipinski definition) is 2. The van der Waals surface area contributed by atoms with E-state index in [0.29, 0.717) is 28.8 Å². The van der Waals surface area contributed by atoms with Crippen LogP contribution in [0.2, 0.25) is 0 Å². The summed E-state index contributed by atoms with van der Waals surface area (Å²) in [7, 11) is 1.64. The van der Waals surface area contributed by atoms with E-state index in [9.17, 15) is 14.4 Å². The van der Waals surface area contributed by atoms with Crippen LogP contribution in [0.5, 0.6) is 0 Å². The van der Waals surface area contributed by atoms with Crippen molar-refractivity contribution in [2.75, 3.05) is 27.7 Å². The highest BCUT2D eigenvalue weighted by Crippen LogP contribution is 2.46. The van der Waals surface area contributed by atoms with Gasteiger partial charge in [0.2, 0.25) is 0 Å². The first-order chi connectivity index (χ1) is 9.39. The second kappa shape index (κ2) is 7.10. The number of nitrogens with zero attached hydrogens (tertiary/aromatic N) is 1. The normalized spacial score (nSPS) is 29.7. The lowest BCUT2D eigenvalue weighted by Crippen LogP contribution is -2.48. The van der Waals surface area contributed by atoms with Crippen molar-refractivity contribution in [3.8, 4) is 0 Å². The average molecular weight is 322 g/mol. The van der Waals surface area contributed by atoms with Crippen molar-refractivity contribution in [3.05, 3.63) is 0 Å². The minimum Gasteiger partial charge on any atom is -0.329 e. The predicted octanol–water partition coefficient (Wildman–Crippen LogP) is 2.88. The van der Waals surface area contributed by atoms with Gasteiger partial charge in [-0.2, -0.15) is 0 Å². The standard InChI is InChI=1S/C15H32NO4P/c1-11(2)13-8-7-12(3)9-14(13)15(10-16(4,5)6)20-21(17,18)19/h11-15H,7-10H2,1-6H3,(H-,17,18,19)/p+1/t12-,13?,14?,15?/m1/s1. The van der Waals surface area contributed by atoms with Gasteiger partial charge in [0, 0.05) is 0 Å². The first-order valence-corrected chi connectivity index (χ1v) is 9.46. The van der Waals surface area contributed by atoms with Gasteiger partial charge in [0.25, 0.3) is 0 Å². The van der Waals surface area contributed by atoms with Crippen molar-refractivity contribution < 1.29 is 23.4 Å². The molecule has 0 radical (unpaired) electrons. The van der Waals surface area contributed by atoms with Crippen LogP contribution in [0.25, 0.3) is 0 Å². The minimum absolute atomic E-state index is 0.221. The summed E-state index contributed by atoms with van der Waals surface area (Å²) in [6.07, 6.45) is 2.93. The zero-order valence-corrected chi connectivity index (χ0v) is 15.2. The van der Waals surface area contributed by atoms with Crippen LogP contribution in [0.4, 0.5) is 0 Å². The summed E-state index contributed by atoms with van der Waals surface area (Å²) in [4.78, 5) is 18.6. The van der Waals surface area contributed by atoms with Crippen LogP contribution < -0.4 is 0 Å². The monoisotopic (exact) mass is 322 g/mol. The molecule has 0 saturated heterocycles. The lowest BCUT2D eigenvalue weighted by molar-refractivity contribution is -0.873. The smallest absolute Gasteiger partial charge is 0.329 e. The predicted molar refractivity (Wildman–Crippen MR) is 84.6 cm³/mol. The Morgan fingerprint density at radius 2 is 1.76 bits per heavy atom. The molecule has 21 heavy (non-hydrogen) atoms. The molecule has 0 heterocycles. The number of likely N-dealkylation sites (N-methyl/N-ethyl adjacent to an activating group) is 1. The van der Waals surface area contributed by atoms with Crippen molar-refractivity contribution in [1.82, 2.24) is 0 Å². The van der Waals surface area contributed by atoms with Gasteiger partial charge < -0.3 is 14.3 Å². The summed E-state index contributed by atoms with van der Waals surface area (Å²) in [6.45, 7) is 7.25. The Morgan fingerprint density at radius 1 is 1.19 bits per heavy atom. The molecule has 0 bridgehead atoms. The molecule has 0 aromatic heterocycles. The highest BCUT2D eigenvalue weighted by atomic mass is 31.2. The van der Waals surface area contributed by atoms with Crippen LogP contribution in [0.15, 0.2) is 0 Å². The molecular formula is C15H33NO4P+. The quantitative estimate of drug-likeness (QED) is 0.583. The van der Waals surface area contributed by atoms with Crippen LogP contribution in [0, 0.1) is 23.7 Å². The Morgan fingerprint density at radius 3 is 2.19 bits per heavy atom. The Balaban J connectivity index is 2.99. The molecule has 0 aliphatic heterocycles. The van der Waals surface area contributed by atoms with Gasteiger partial charge in [0.15, 0.2) is 0 Å². The van der Waals surface area contributed by atoms with E-state index < -0.39 is 7.82 Å². The SMILES string of the molecule is CC(C)C1CC[C@@H](C)CC1C(C[N+](C)(C)C)OP(=O)(O)O. The fraction of sp³-hybridized carbons (Fsp3) is 1.00. The Labute approximate surface area is 129 Å². The molecule has 0 amide bonds.